The highest BCUT2D eigenvalue weighted by molar-refractivity contribution is 5.92. The van der Waals surface area contributed by atoms with Crippen LogP contribution in [-0.4, -0.2) is 30.3 Å². The highest BCUT2D eigenvalue weighted by Crippen LogP contribution is 2.38. The lowest BCUT2D eigenvalue weighted by Gasteiger charge is -2.31. The minimum Gasteiger partial charge on any atom is -0.508 e. The van der Waals surface area contributed by atoms with Crippen LogP contribution < -0.4 is 4.90 Å². The van der Waals surface area contributed by atoms with Crippen LogP contribution in [0.2, 0.25) is 0 Å². The van der Waals surface area contributed by atoms with E-state index in [0.717, 1.165) is 0 Å². The second kappa shape index (κ2) is 9.84. The molecule has 0 aliphatic carbocycles. The van der Waals surface area contributed by atoms with Crippen LogP contribution in [0.25, 0.3) is 0 Å². The second-order valence-corrected chi connectivity index (χ2v) is 6.72. The normalized spacial score (nSPS) is 11.6. The summed E-state index contributed by atoms with van der Waals surface area (Å²) < 4.78 is 16.3. The predicted molar refractivity (Wildman–Crippen MR) is 115 cm³/mol. The molecule has 1 atom stereocenters. The third-order valence-corrected chi connectivity index (χ3v) is 4.63. The SMILES string of the molecule is CCOC(=O)c1cc(C(C(=O)OCC)N(c2ccccc2)c2ccc(O)cc2)oc1C. The largest absolute Gasteiger partial charge is 0.508 e. The zero-order valence-corrected chi connectivity index (χ0v) is 17.7. The fraction of sp³-hybridized carbons (Fsp3) is 0.250. The molecule has 7 nitrogen and oxygen atoms in total. The maximum absolute atomic E-state index is 13.1. The number of anilines is 2. The van der Waals surface area contributed by atoms with Gasteiger partial charge in [0.1, 0.15) is 22.8 Å². The topological polar surface area (TPSA) is 89.2 Å². The predicted octanol–water partition coefficient (Wildman–Crippen LogP) is 4.91. The summed E-state index contributed by atoms with van der Waals surface area (Å²) >= 11 is 0. The van der Waals surface area contributed by atoms with Crippen LogP contribution >= 0.6 is 0 Å². The van der Waals surface area contributed by atoms with E-state index < -0.39 is 18.0 Å². The number of hydrogen-bond acceptors (Lipinski definition) is 7. The Kier molecular flexibility index (Phi) is 6.97. The van der Waals surface area contributed by atoms with Crippen molar-refractivity contribution < 1.29 is 28.6 Å². The number of carbonyl (C=O) groups is 2. The third kappa shape index (κ3) is 4.88. The summed E-state index contributed by atoms with van der Waals surface area (Å²) in [5.74, 6) is -0.364. The van der Waals surface area contributed by atoms with Gasteiger partial charge in [-0.1, -0.05) is 18.2 Å². The first-order chi connectivity index (χ1) is 15.0. The molecule has 1 heterocycles. The van der Waals surface area contributed by atoms with E-state index in [-0.39, 0.29) is 30.3 Å². The summed E-state index contributed by atoms with van der Waals surface area (Å²) in [7, 11) is 0. The summed E-state index contributed by atoms with van der Waals surface area (Å²) in [5, 5.41) is 9.73. The fourth-order valence-corrected chi connectivity index (χ4v) is 3.27. The van der Waals surface area contributed by atoms with Crippen LogP contribution in [0.5, 0.6) is 5.75 Å². The number of aryl methyl sites for hydroxylation is 1. The van der Waals surface area contributed by atoms with E-state index in [1.54, 1.807) is 37.8 Å². The van der Waals surface area contributed by atoms with Crippen molar-refractivity contribution in [3.05, 3.63) is 77.7 Å². The third-order valence-electron chi connectivity index (χ3n) is 4.63. The smallest absolute Gasteiger partial charge is 0.341 e. The molecule has 31 heavy (non-hydrogen) atoms. The highest BCUT2D eigenvalue weighted by atomic mass is 16.5. The quantitative estimate of drug-likeness (QED) is 0.515. The Morgan fingerprint density at radius 3 is 2.19 bits per heavy atom. The van der Waals surface area contributed by atoms with E-state index in [0.29, 0.717) is 17.1 Å². The van der Waals surface area contributed by atoms with Gasteiger partial charge in [-0.2, -0.15) is 0 Å². The van der Waals surface area contributed by atoms with Crippen molar-refractivity contribution in [2.45, 2.75) is 26.8 Å². The van der Waals surface area contributed by atoms with Gasteiger partial charge < -0.3 is 23.9 Å². The number of phenols is 1. The molecule has 3 aromatic rings. The summed E-state index contributed by atoms with van der Waals surface area (Å²) in [6.07, 6.45) is 0. The number of rotatable bonds is 8. The van der Waals surface area contributed by atoms with Gasteiger partial charge in [0.25, 0.3) is 0 Å². The molecule has 3 rings (SSSR count). The van der Waals surface area contributed by atoms with E-state index >= 15 is 0 Å². The number of furan rings is 1. The molecule has 7 heteroatoms. The molecule has 0 fully saturated rings. The average molecular weight is 423 g/mol. The first-order valence-electron chi connectivity index (χ1n) is 10.0. The lowest BCUT2D eigenvalue weighted by Crippen LogP contribution is -2.31. The zero-order chi connectivity index (χ0) is 22.4. The molecule has 0 spiro atoms. The number of ether oxygens (including phenoxy) is 2. The van der Waals surface area contributed by atoms with E-state index in [1.165, 1.54) is 18.2 Å². The molecule has 0 radical (unpaired) electrons. The van der Waals surface area contributed by atoms with E-state index in [9.17, 15) is 14.7 Å². The molecule has 1 N–H and O–H groups in total. The highest BCUT2D eigenvalue weighted by Gasteiger charge is 2.35. The molecule has 0 saturated heterocycles. The van der Waals surface area contributed by atoms with Crippen molar-refractivity contribution in [1.82, 2.24) is 0 Å². The summed E-state index contributed by atoms with van der Waals surface area (Å²) in [6.45, 7) is 5.49. The molecule has 1 aromatic heterocycles. The van der Waals surface area contributed by atoms with Crippen LogP contribution in [0.4, 0.5) is 11.4 Å². The minimum absolute atomic E-state index is 0.0999. The average Bonchev–Trinajstić information content (AvgIpc) is 3.15. The summed E-state index contributed by atoms with van der Waals surface area (Å²) in [6, 6.07) is 16.2. The molecule has 0 amide bonds. The van der Waals surface area contributed by atoms with Crippen molar-refractivity contribution in [2.24, 2.45) is 0 Å². The number of aromatic hydroxyl groups is 1. The minimum atomic E-state index is -1.01. The van der Waals surface area contributed by atoms with Crippen molar-refractivity contribution >= 4 is 23.3 Å². The molecule has 2 aromatic carbocycles. The van der Waals surface area contributed by atoms with Crippen LogP contribution in [0.3, 0.4) is 0 Å². The van der Waals surface area contributed by atoms with Gasteiger partial charge in [0, 0.05) is 11.4 Å². The maximum atomic E-state index is 13.1. The van der Waals surface area contributed by atoms with Gasteiger partial charge in [-0.25, -0.2) is 9.59 Å². The maximum Gasteiger partial charge on any atom is 0.341 e. The van der Waals surface area contributed by atoms with Gasteiger partial charge in [0.05, 0.1) is 13.2 Å². The zero-order valence-electron chi connectivity index (χ0n) is 17.7. The van der Waals surface area contributed by atoms with Crippen molar-refractivity contribution in [2.75, 3.05) is 18.1 Å². The van der Waals surface area contributed by atoms with E-state index in [4.69, 9.17) is 13.9 Å². The molecular weight excluding hydrogens is 398 g/mol. The van der Waals surface area contributed by atoms with Gasteiger partial charge in [0.2, 0.25) is 0 Å². The Labute approximate surface area is 180 Å². The number of para-hydroxylation sites is 1. The van der Waals surface area contributed by atoms with Crippen molar-refractivity contribution in [1.29, 1.82) is 0 Å². The monoisotopic (exact) mass is 423 g/mol. The Morgan fingerprint density at radius 1 is 0.968 bits per heavy atom. The Balaban J connectivity index is 2.16. The number of nitrogens with zero attached hydrogens (tertiary/aromatic N) is 1. The van der Waals surface area contributed by atoms with E-state index in [1.807, 2.05) is 30.3 Å². The second-order valence-electron chi connectivity index (χ2n) is 6.72. The first kappa shape index (κ1) is 22.0. The van der Waals surface area contributed by atoms with Gasteiger partial charge in [0.15, 0.2) is 6.04 Å². The molecule has 0 aliphatic rings. The van der Waals surface area contributed by atoms with Crippen LogP contribution in [0, 0.1) is 6.92 Å². The Hall–Kier alpha value is -3.74. The van der Waals surface area contributed by atoms with E-state index in [2.05, 4.69) is 0 Å². The molecule has 0 aliphatic heterocycles. The van der Waals surface area contributed by atoms with Crippen LogP contribution in [0.1, 0.15) is 41.8 Å². The molecule has 162 valence electrons. The fourth-order valence-electron chi connectivity index (χ4n) is 3.27. The Morgan fingerprint density at radius 2 is 1.58 bits per heavy atom. The number of carbonyl (C=O) groups excluding carboxylic acids is 2. The lowest BCUT2D eigenvalue weighted by atomic mass is 10.1. The molecule has 1 unspecified atom stereocenters. The molecule has 0 saturated carbocycles. The number of benzene rings is 2. The standard InChI is InChI=1S/C24H25NO6/c1-4-29-23(27)20-15-21(31-16(20)3)22(24(28)30-5-2)25(17-9-7-6-8-10-17)18-11-13-19(26)14-12-18/h6-15,22,26H,4-5H2,1-3H3. The first-order valence-corrected chi connectivity index (χ1v) is 10.0. The number of hydrogen-bond donors (Lipinski definition) is 1. The Bertz CT molecular complexity index is 1030. The number of phenolic OH excluding ortho intramolecular Hbond substituents is 1. The van der Waals surface area contributed by atoms with Gasteiger partial charge >= 0.3 is 11.9 Å². The van der Waals surface area contributed by atoms with Gasteiger partial charge in [-0.3, -0.25) is 0 Å². The molecule has 0 bridgehead atoms. The van der Waals surface area contributed by atoms with Gasteiger partial charge in [-0.05, 0) is 63.2 Å². The lowest BCUT2D eigenvalue weighted by molar-refractivity contribution is -0.145. The summed E-state index contributed by atoms with van der Waals surface area (Å²) in [4.78, 5) is 27.2. The van der Waals surface area contributed by atoms with Crippen LogP contribution in [0.15, 0.2) is 65.1 Å². The van der Waals surface area contributed by atoms with Crippen molar-refractivity contribution in [3.63, 3.8) is 0 Å². The van der Waals surface area contributed by atoms with Crippen molar-refractivity contribution in [3.8, 4) is 5.75 Å². The van der Waals surface area contributed by atoms with Gasteiger partial charge in [-0.15, -0.1) is 0 Å². The molecular formula is C24H25NO6. The summed E-state index contributed by atoms with van der Waals surface area (Å²) in [5.41, 5.74) is 1.59. The number of esters is 2. The van der Waals surface area contributed by atoms with Crippen LogP contribution in [-0.2, 0) is 14.3 Å².